The van der Waals surface area contributed by atoms with Gasteiger partial charge in [0.25, 0.3) is 0 Å². The molecule has 0 atom stereocenters. The number of hydrogen-bond donors (Lipinski definition) is 2. The van der Waals surface area contributed by atoms with Crippen molar-refractivity contribution in [2.24, 2.45) is 0 Å². The zero-order valence-corrected chi connectivity index (χ0v) is 3.92. The van der Waals surface area contributed by atoms with Crippen molar-refractivity contribution >= 4 is 126 Å². The first-order valence-corrected chi connectivity index (χ1v) is 0.651. The van der Waals surface area contributed by atoms with Crippen LogP contribution < -0.4 is 0 Å². The normalized spacial score (nSPS) is 3.43. The summed E-state index contributed by atoms with van der Waals surface area (Å²) in [5.74, 6) is 0. The van der Waals surface area contributed by atoms with E-state index in [-0.39, 0.29) is 120 Å². The van der Waals surface area contributed by atoms with Gasteiger partial charge in [0, 0.05) is 0 Å². The van der Waals surface area contributed by atoms with Crippen molar-refractivity contribution in [3.8, 4) is 0 Å². The van der Waals surface area contributed by atoms with Crippen molar-refractivity contribution < 1.29 is 15.0 Å². The van der Waals surface area contributed by atoms with E-state index in [1.807, 2.05) is 0 Å². The summed E-state index contributed by atoms with van der Waals surface area (Å²) in [4.78, 5) is 8.56. The van der Waals surface area contributed by atoms with Crippen molar-refractivity contribution in [3.63, 3.8) is 0 Å². The van der Waals surface area contributed by atoms with E-state index in [0.29, 0.717) is 0 Å². The van der Waals surface area contributed by atoms with Crippen LogP contribution in [0.3, 0.4) is 0 Å². The van der Waals surface area contributed by atoms with Crippen LogP contribution in [0.2, 0.25) is 0 Å². The number of hydrogen-bond acceptors (Lipinski definition) is 1. The molecule has 0 aromatic rings. The molecule has 0 aromatic heterocycles. The monoisotopic (exact) mass is 222 g/mol. The Labute approximate surface area is 137 Å². The molecule has 2 N–H and O–H groups in total. The molecule has 0 saturated carbocycles. The molecule has 0 fully saturated rings. The first-order valence-electron chi connectivity index (χ1n) is 0.651. The van der Waals surface area contributed by atoms with Gasteiger partial charge in [-0.1, -0.05) is 0 Å². The van der Waals surface area contributed by atoms with Crippen molar-refractivity contribution in [2.45, 2.75) is 0 Å². The molecule has 0 unspecified atom stereocenters. The molecule has 0 spiro atoms. The molecule has 0 aliphatic rings. The van der Waals surface area contributed by atoms with E-state index in [9.17, 15) is 0 Å². The Balaban J connectivity index is -0.0000000150. The Morgan fingerprint density at radius 2 is 1.14 bits per heavy atom. The van der Waals surface area contributed by atoms with Crippen molar-refractivity contribution in [1.29, 1.82) is 0 Å². The number of halogens is 1. The fourth-order valence-electron chi connectivity index (χ4n) is 0. The third-order valence-corrected chi connectivity index (χ3v) is 0. The van der Waals surface area contributed by atoms with Gasteiger partial charge in [-0.2, -0.15) is 0 Å². The van der Waals surface area contributed by atoms with Crippen LogP contribution in [0, 0.1) is 0 Å². The van der Waals surface area contributed by atoms with Crippen molar-refractivity contribution in [3.05, 3.63) is 0 Å². The molecule has 0 amide bonds. The molecular weight excluding hydrogens is 218 g/mol. The second-order valence-corrected chi connectivity index (χ2v) is 0.283. The zero-order chi connectivity index (χ0) is 3.58. The second-order valence-electron chi connectivity index (χ2n) is 0.283. The Kier molecular flexibility index (Phi) is 51.4. The average Bonchev–Trinajstić information content (AvgIpc) is 0.811. The Morgan fingerprint density at radius 3 is 1.14 bits per heavy atom. The first kappa shape index (κ1) is 22.5. The van der Waals surface area contributed by atoms with Gasteiger partial charge in [0.15, 0.2) is 0 Å². The number of carboxylic acid groups (broad SMARTS) is 2. The Hall–Kier alpha value is 3.02. The standard InChI is InChI=1S/CH2O3.BrH.2K.2H/c2-1(3)4;;;;;/h(H2,2,3,4);1H;;;;. The summed E-state index contributed by atoms with van der Waals surface area (Å²) in [5, 5.41) is 13.9. The van der Waals surface area contributed by atoms with E-state index in [4.69, 9.17) is 15.0 Å². The van der Waals surface area contributed by atoms with E-state index in [2.05, 4.69) is 0 Å². The third kappa shape index (κ3) is 48.7. The Bertz CT molecular complexity index is 35.9. The summed E-state index contributed by atoms with van der Waals surface area (Å²) in [6.45, 7) is 0. The molecule has 3 nitrogen and oxygen atoms in total. The van der Waals surface area contributed by atoms with Crippen LogP contribution in [0.25, 0.3) is 0 Å². The van der Waals surface area contributed by atoms with E-state index in [1.165, 1.54) is 0 Å². The summed E-state index contributed by atoms with van der Waals surface area (Å²) < 4.78 is 0. The SMILES string of the molecule is Br.O=C(O)O.[KH].[KH]. The molecular formula is CH5BrK2O3. The molecule has 0 radical (unpaired) electrons. The van der Waals surface area contributed by atoms with Crippen LogP contribution in [0.4, 0.5) is 4.79 Å². The van der Waals surface area contributed by atoms with Gasteiger partial charge in [-0.25, -0.2) is 4.79 Å². The topological polar surface area (TPSA) is 57.5 Å². The molecule has 6 heteroatoms. The predicted molar refractivity (Wildman–Crippen MR) is 35.3 cm³/mol. The zero-order valence-electron chi connectivity index (χ0n) is 2.21. The van der Waals surface area contributed by atoms with Crippen molar-refractivity contribution in [1.82, 2.24) is 0 Å². The first-order chi connectivity index (χ1) is 1.73. The van der Waals surface area contributed by atoms with Gasteiger partial charge in [0.2, 0.25) is 0 Å². The Morgan fingerprint density at radius 1 is 1.14 bits per heavy atom. The van der Waals surface area contributed by atoms with Crippen LogP contribution in [0.5, 0.6) is 0 Å². The molecule has 0 heterocycles. The molecule has 7 heavy (non-hydrogen) atoms. The summed E-state index contributed by atoms with van der Waals surface area (Å²) in [6, 6.07) is 0. The summed E-state index contributed by atoms with van der Waals surface area (Å²) in [7, 11) is 0. The molecule has 0 bridgehead atoms. The maximum atomic E-state index is 8.56. The predicted octanol–water partition coefficient (Wildman–Crippen LogP) is -0.497. The van der Waals surface area contributed by atoms with E-state index >= 15 is 0 Å². The van der Waals surface area contributed by atoms with Crippen LogP contribution in [-0.2, 0) is 0 Å². The molecule has 0 saturated heterocycles. The summed E-state index contributed by atoms with van der Waals surface area (Å²) >= 11 is 0. The fraction of sp³-hybridized carbons (Fsp3) is 0. The van der Waals surface area contributed by atoms with Crippen LogP contribution in [0.1, 0.15) is 0 Å². The van der Waals surface area contributed by atoms with E-state index in [0.717, 1.165) is 0 Å². The molecule has 0 aliphatic carbocycles. The van der Waals surface area contributed by atoms with Crippen LogP contribution in [0.15, 0.2) is 0 Å². The minimum absolute atomic E-state index is 0. The van der Waals surface area contributed by atoms with Crippen molar-refractivity contribution in [2.75, 3.05) is 0 Å². The van der Waals surface area contributed by atoms with Gasteiger partial charge < -0.3 is 10.2 Å². The van der Waals surface area contributed by atoms with Gasteiger partial charge in [0.1, 0.15) is 0 Å². The summed E-state index contributed by atoms with van der Waals surface area (Å²) in [6.07, 6.45) is -1.83. The number of rotatable bonds is 0. The van der Waals surface area contributed by atoms with Gasteiger partial charge >= 0.3 is 109 Å². The summed E-state index contributed by atoms with van der Waals surface area (Å²) in [5.41, 5.74) is 0. The average molecular weight is 223 g/mol. The molecule has 0 rings (SSSR count). The van der Waals surface area contributed by atoms with Crippen LogP contribution >= 0.6 is 17.0 Å². The second kappa shape index (κ2) is 16.0. The third-order valence-electron chi connectivity index (χ3n) is 0. The minimum atomic E-state index is -1.83. The van der Waals surface area contributed by atoms with Crippen LogP contribution in [-0.4, -0.2) is 119 Å². The van der Waals surface area contributed by atoms with Gasteiger partial charge in [-0.05, 0) is 0 Å². The maximum absolute atomic E-state index is 8.56. The number of carbonyl (C=O) groups is 1. The van der Waals surface area contributed by atoms with Gasteiger partial charge in [-0.3, -0.25) is 0 Å². The fourth-order valence-corrected chi connectivity index (χ4v) is 0. The van der Waals surface area contributed by atoms with E-state index in [1.54, 1.807) is 0 Å². The van der Waals surface area contributed by atoms with E-state index < -0.39 is 6.16 Å². The quantitative estimate of drug-likeness (QED) is 0.544. The van der Waals surface area contributed by atoms with Gasteiger partial charge in [-0.15, -0.1) is 17.0 Å². The molecule has 0 aliphatic heterocycles. The molecule has 36 valence electrons. The molecule has 0 aromatic carbocycles. The van der Waals surface area contributed by atoms with Gasteiger partial charge in [0.05, 0.1) is 0 Å².